The van der Waals surface area contributed by atoms with Gasteiger partial charge in [0.25, 0.3) is 0 Å². The van der Waals surface area contributed by atoms with E-state index in [9.17, 15) is 0 Å². The summed E-state index contributed by atoms with van der Waals surface area (Å²) < 4.78 is 0. The highest BCUT2D eigenvalue weighted by molar-refractivity contribution is 4.93. The van der Waals surface area contributed by atoms with Crippen molar-refractivity contribution in [2.24, 2.45) is 17.6 Å². The predicted molar refractivity (Wildman–Crippen MR) is 83.2 cm³/mol. The second-order valence-corrected chi connectivity index (χ2v) is 7.22. The number of hydrogen-bond acceptors (Lipinski definition) is 2. The van der Waals surface area contributed by atoms with Crippen LogP contribution in [0.25, 0.3) is 0 Å². The van der Waals surface area contributed by atoms with Gasteiger partial charge in [0.05, 0.1) is 0 Å². The molecule has 0 radical (unpaired) electrons. The molecule has 0 spiro atoms. The Morgan fingerprint density at radius 3 is 2.63 bits per heavy atom. The van der Waals surface area contributed by atoms with Crippen molar-refractivity contribution in [2.75, 3.05) is 6.54 Å². The third kappa shape index (κ3) is 3.72. The Labute approximate surface area is 120 Å². The van der Waals surface area contributed by atoms with Crippen molar-refractivity contribution >= 4 is 0 Å². The smallest absolute Gasteiger partial charge is 0.0252 e. The molecule has 112 valence electrons. The van der Waals surface area contributed by atoms with Crippen LogP contribution in [0.2, 0.25) is 0 Å². The lowest BCUT2D eigenvalue weighted by Crippen LogP contribution is -2.56. The molecule has 1 saturated heterocycles. The zero-order valence-electron chi connectivity index (χ0n) is 13.3. The Morgan fingerprint density at radius 2 is 1.95 bits per heavy atom. The van der Waals surface area contributed by atoms with Crippen LogP contribution in [0.5, 0.6) is 0 Å². The molecule has 2 N–H and O–H groups in total. The highest BCUT2D eigenvalue weighted by atomic mass is 15.2. The van der Waals surface area contributed by atoms with Crippen molar-refractivity contribution < 1.29 is 0 Å². The predicted octanol–water partition coefficient (Wildman–Crippen LogP) is 3.79. The fourth-order valence-corrected chi connectivity index (χ4v) is 4.29. The Balaban J connectivity index is 2.03. The van der Waals surface area contributed by atoms with Crippen LogP contribution in [0.3, 0.4) is 0 Å². The van der Waals surface area contributed by atoms with E-state index in [0.717, 1.165) is 17.9 Å². The summed E-state index contributed by atoms with van der Waals surface area (Å²) in [6, 6.07) is 1.91. The van der Waals surface area contributed by atoms with Gasteiger partial charge in [0.15, 0.2) is 0 Å². The molecule has 19 heavy (non-hydrogen) atoms. The summed E-state index contributed by atoms with van der Waals surface area (Å²) in [4.78, 5) is 2.81. The molecule has 0 amide bonds. The number of hydrogen-bond donors (Lipinski definition) is 1. The number of rotatable bonds is 4. The van der Waals surface area contributed by atoms with Crippen LogP contribution < -0.4 is 5.73 Å². The van der Waals surface area contributed by atoms with E-state index in [1.807, 2.05) is 0 Å². The number of nitrogens with zero attached hydrogens (tertiary/aromatic N) is 1. The van der Waals surface area contributed by atoms with Crippen molar-refractivity contribution in [3.05, 3.63) is 0 Å². The van der Waals surface area contributed by atoms with Crippen LogP contribution in [-0.4, -0.2) is 29.6 Å². The average molecular weight is 266 g/mol. The van der Waals surface area contributed by atoms with E-state index in [1.54, 1.807) is 0 Å². The zero-order chi connectivity index (χ0) is 13.8. The van der Waals surface area contributed by atoms with Gasteiger partial charge in [-0.15, -0.1) is 0 Å². The minimum Gasteiger partial charge on any atom is -0.326 e. The summed E-state index contributed by atoms with van der Waals surface area (Å²) in [5.74, 6) is 1.72. The van der Waals surface area contributed by atoms with Gasteiger partial charge in [-0.3, -0.25) is 4.90 Å². The number of piperidine rings is 1. The van der Waals surface area contributed by atoms with Gasteiger partial charge in [-0.05, 0) is 56.9 Å². The standard InChI is InChI=1S/C17H34N2/c1-4-7-15-8-5-6-11-19(15)17-12-14(13(2)3)9-10-16(17)18/h13-17H,4-12,18H2,1-3H3. The largest absolute Gasteiger partial charge is 0.326 e. The first kappa shape index (κ1) is 15.3. The molecule has 2 heteroatoms. The van der Waals surface area contributed by atoms with Crippen molar-refractivity contribution in [1.29, 1.82) is 0 Å². The molecule has 2 rings (SSSR count). The van der Waals surface area contributed by atoms with E-state index in [0.29, 0.717) is 12.1 Å². The molecule has 1 heterocycles. The third-order valence-corrected chi connectivity index (χ3v) is 5.57. The Hall–Kier alpha value is -0.0800. The lowest BCUT2D eigenvalue weighted by atomic mass is 9.75. The fourth-order valence-electron chi connectivity index (χ4n) is 4.29. The normalized spacial score (nSPS) is 37.7. The summed E-state index contributed by atoms with van der Waals surface area (Å²) in [6.07, 6.45) is 10.8. The topological polar surface area (TPSA) is 29.3 Å². The van der Waals surface area contributed by atoms with Crippen LogP contribution >= 0.6 is 0 Å². The van der Waals surface area contributed by atoms with Crippen LogP contribution in [0.4, 0.5) is 0 Å². The maximum absolute atomic E-state index is 6.49. The minimum absolute atomic E-state index is 0.424. The molecule has 4 atom stereocenters. The molecule has 0 aromatic rings. The third-order valence-electron chi connectivity index (χ3n) is 5.57. The lowest BCUT2D eigenvalue weighted by molar-refractivity contribution is 0.0350. The van der Waals surface area contributed by atoms with Gasteiger partial charge in [0.2, 0.25) is 0 Å². The molecule has 2 nitrogen and oxygen atoms in total. The molecule has 0 aromatic carbocycles. The second-order valence-electron chi connectivity index (χ2n) is 7.22. The summed E-state index contributed by atoms with van der Waals surface area (Å²) in [5, 5.41) is 0. The highest BCUT2D eigenvalue weighted by Gasteiger charge is 2.36. The summed E-state index contributed by atoms with van der Waals surface area (Å²) in [5.41, 5.74) is 6.49. The maximum atomic E-state index is 6.49. The molecule has 1 saturated carbocycles. The van der Waals surface area contributed by atoms with Gasteiger partial charge < -0.3 is 5.73 Å². The van der Waals surface area contributed by atoms with Crippen molar-refractivity contribution in [3.63, 3.8) is 0 Å². The van der Waals surface area contributed by atoms with Crippen molar-refractivity contribution in [3.8, 4) is 0 Å². The van der Waals surface area contributed by atoms with Crippen molar-refractivity contribution in [1.82, 2.24) is 4.90 Å². The first-order valence-corrected chi connectivity index (χ1v) is 8.64. The molecule has 2 aliphatic rings. The number of nitrogens with two attached hydrogens (primary N) is 1. The van der Waals surface area contributed by atoms with Crippen molar-refractivity contribution in [2.45, 2.75) is 90.3 Å². The molecule has 0 aromatic heterocycles. The summed E-state index contributed by atoms with van der Waals surface area (Å²) >= 11 is 0. The first-order chi connectivity index (χ1) is 9.13. The zero-order valence-corrected chi connectivity index (χ0v) is 13.3. The van der Waals surface area contributed by atoms with Gasteiger partial charge in [0, 0.05) is 18.1 Å². The molecule has 0 bridgehead atoms. The maximum Gasteiger partial charge on any atom is 0.0252 e. The fraction of sp³-hybridized carbons (Fsp3) is 1.00. The quantitative estimate of drug-likeness (QED) is 0.839. The highest BCUT2D eigenvalue weighted by Crippen LogP contribution is 2.35. The molecule has 4 unspecified atom stereocenters. The molecule has 1 aliphatic heterocycles. The Morgan fingerprint density at radius 1 is 1.16 bits per heavy atom. The summed E-state index contributed by atoms with van der Waals surface area (Å²) in [6.45, 7) is 8.40. The molecule has 2 fully saturated rings. The van der Waals surface area contributed by atoms with Gasteiger partial charge in [0.1, 0.15) is 0 Å². The van der Waals surface area contributed by atoms with E-state index in [4.69, 9.17) is 5.73 Å². The molecule has 1 aliphatic carbocycles. The van der Waals surface area contributed by atoms with E-state index in [1.165, 1.54) is 57.9 Å². The Bertz CT molecular complexity index is 262. The first-order valence-electron chi connectivity index (χ1n) is 8.64. The van der Waals surface area contributed by atoms with Crippen LogP contribution in [0, 0.1) is 11.8 Å². The summed E-state index contributed by atoms with van der Waals surface area (Å²) in [7, 11) is 0. The van der Waals surface area contributed by atoms with Gasteiger partial charge in [-0.2, -0.15) is 0 Å². The molecular weight excluding hydrogens is 232 g/mol. The Kier molecular flexibility index (Phi) is 5.70. The van der Waals surface area contributed by atoms with Gasteiger partial charge in [-0.1, -0.05) is 33.6 Å². The monoisotopic (exact) mass is 266 g/mol. The van der Waals surface area contributed by atoms with Crippen LogP contribution in [0.15, 0.2) is 0 Å². The molecular formula is C17H34N2. The SMILES string of the molecule is CCCC1CCCCN1C1CC(C(C)C)CCC1N. The number of likely N-dealkylation sites (tertiary alicyclic amines) is 1. The van der Waals surface area contributed by atoms with E-state index < -0.39 is 0 Å². The second kappa shape index (κ2) is 7.08. The van der Waals surface area contributed by atoms with E-state index >= 15 is 0 Å². The van der Waals surface area contributed by atoms with Gasteiger partial charge in [-0.25, -0.2) is 0 Å². The van der Waals surface area contributed by atoms with Gasteiger partial charge >= 0.3 is 0 Å². The lowest BCUT2D eigenvalue weighted by Gasteiger charge is -2.47. The van der Waals surface area contributed by atoms with E-state index in [2.05, 4.69) is 25.7 Å². The van der Waals surface area contributed by atoms with E-state index in [-0.39, 0.29) is 0 Å². The van der Waals surface area contributed by atoms with Crippen LogP contribution in [-0.2, 0) is 0 Å². The average Bonchev–Trinajstić information content (AvgIpc) is 2.40. The van der Waals surface area contributed by atoms with Crippen LogP contribution in [0.1, 0.15) is 72.1 Å². The minimum atomic E-state index is 0.424.